The topological polar surface area (TPSA) is 82.1 Å². The lowest BCUT2D eigenvalue weighted by atomic mass is 9.99. The van der Waals surface area contributed by atoms with Crippen LogP contribution in [0.5, 0.6) is 0 Å². The molecule has 0 radical (unpaired) electrons. The molecule has 2 aliphatic rings. The molecule has 27 heavy (non-hydrogen) atoms. The maximum atomic E-state index is 12.4. The Morgan fingerprint density at radius 3 is 2.85 bits per heavy atom. The number of benzene rings is 1. The largest absolute Gasteiger partial charge is 0.481 e. The number of aliphatic carboxylic acids is 1. The average molecular weight is 375 g/mol. The van der Waals surface area contributed by atoms with Crippen molar-refractivity contribution in [2.24, 2.45) is 5.92 Å². The summed E-state index contributed by atoms with van der Waals surface area (Å²) in [4.78, 5) is 27.5. The Kier molecular flexibility index (Phi) is 6.68. The van der Waals surface area contributed by atoms with Crippen molar-refractivity contribution in [1.82, 2.24) is 15.1 Å². The average Bonchev–Trinajstić information content (AvgIpc) is 2.68. The van der Waals surface area contributed by atoms with Gasteiger partial charge in [-0.25, -0.2) is 4.79 Å². The number of aryl methyl sites for hydroxylation is 1. The van der Waals surface area contributed by atoms with Crippen LogP contribution in [0.4, 0.5) is 4.79 Å². The normalized spacial score (nSPS) is 23.8. The highest BCUT2D eigenvalue weighted by Gasteiger charge is 2.29. The molecular formula is C20H29N3O4. The molecule has 7 heteroatoms. The minimum Gasteiger partial charge on any atom is -0.481 e. The Hall–Kier alpha value is -2.12. The second-order valence-electron chi connectivity index (χ2n) is 7.46. The van der Waals surface area contributed by atoms with Crippen molar-refractivity contribution in [2.45, 2.75) is 32.4 Å². The summed E-state index contributed by atoms with van der Waals surface area (Å²) in [6, 6.07) is 8.18. The maximum Gasteiger partial charge on any atom is 0.317 e. The molecule has 2 atom stereocenters. The molecule has 0 spiro atoms. The number of amides is 2. The van der Waals surface area contributed by atoms with E-state index in [1.807, 2.05) is 6.07 Å². The Labute approximate surface area is 160 Å². The number of likely N-dealkylation sites (tertiary alicyclic amines) is 1. The molecule has 2 unspecified atom stereocenters. The predicted molar refractivity (Wildman–Crippen MR) is 102 cm³/mol. The number of carboxylic acids is 1. The van der Waals surface area contributed by atoms with Crippen LogP contribution in [-0.2, 0) is 16.1 Å². The number of piperidine rings is 1. The number of ether oxygens (including phenoxy) is 1. The van der Waals surface area contributed by atoms with Crippen LogP contribution in [-0.4, -0.2) is 72.3 Å². The smallest absolute Gasteiger partial charge is 0.317 e. The van der Waals surface area contributed by atoms with Gasteiger partial charge in [0.25, 0.3) is 0 Å². The highest BCUT2D eigenvalue weighted by molar-refractivity contribution is 5.76. The van der Waals surface area contributed by atoms with E-state index in [4.69, 9.17) is 9.84 Å². The molecule has 1 aromatic rings. The molecule has 2 saturated heterocycles. The van der Waals surface area contributed by atoms with Crippen LogP contribution in [0.1, 0.15) is 24.0 Å². The van der Waals surface area contributed by atoms with Gasteiger partial charge in [-0.2, -0.15) is 0 Å². The van der Waals surface area contributed by atoms with E-state index in [0.29, 0.717) is 26.1 Å². The summed E-state index contributed by atoms with van der Waals surface area (Å²) in [7, 11) is 0. The van der Waals surface area contributed by atoms with Crippen LogP contribution in [0, 0.1) is 12.8 Å². The predicted octanol–water partition coefficient (Wildman–Crippen LogP) is 1.70. The number of carbonyl (C=O) groups is 2. The van der Waals surface area contributed by atoms with E-state index in [9.17, 15) is 9.59 Å². The number of rotatable bonds is 5. The number of morpholine rings is 1. The highest BCUT2D eigenvalue weighted by atomic mass is 16.5. The molecule has 0 aromatic heterocycles. The second kappa shape index (κ2) is 9.19. The lowest BCUT2D eigenvalue weighted by Crippen LogP contribution is -2.51. The van der Waals surface area contributed by atoms with Gasteiger partial charge < -0.3 is 20.1 Å². The fraction of sp³-hybridized carbons (Fsp3) is 0.600. The van der Waals surface area contributed by atoms with E-state index in [1.54, 1.807) is 4.90 Å². The van der Waals surface area contributed by atoms with Crippen LogP contribution < -0.4 is 5.32 Å². The summed E-state index contributed by atoms with van der Waals surface area (Å²) in [5.41, 5.74) is 2.60. The monoisotopic (exact) mass is 375 g/mol. The fourth-order valence-corrected chi connectivity index (χ4v) is 3.75. The van der Waals surface area contributed by atoms with E-state index < -0.39 is 11.9 Å². The van der Waals surface area contributed by atoms with Crippen molar-refractivity contribution in [3.05, 3.63) is 35.4 Å². The van der Waals surface area contributed by atoms with Crippen molar-refractivity contribution in [1.29, 1.82) is 0 Å². The zero-order chi connectivity index (χ0) is 19.2. The Bertz CT molecular complexity index is 666. The third-order valence-electron chi connectivity index (χ3n) is 5.42. The van der Waals surface area contributed by atoms with Gasteiger partial charge in [0.2, 0.25) is 0 Å². The third kappa shape index (κ3) is 5.43. The first kappa shape index (κ1) is 19.6. The summed E-state index contributed by atoms with van der Waals surface area (Å²) in [5.74, 6) is -1.28. The van der Waals surface area contributed by atoms with E-state index in [2.05, 4.69) is 35.3 Å². The van der Waals surface area contributed by atoms with Crippen molar-refractivity contribution in [2.75, 3.05) is 39.3 Å². The number of hydrogen-bond acceptors (Lipinski definition) is 4. The van der Waals surface area contributed by atoms with Gasteiger partial charge in [0.15, 0.2) is 0 Å². The van der Waals surface area contributed by atoms with E-state index in [0.717, 1.165) is 26.1 Å². The zero-order valence-corrected chi connectivity index (χ0v) is 15.9. The Morgan fingerprint density at radius 1 is 1.26 bits per heavy atom. The molecule has 148 valence electrons. The molecule has 1 aromatic carbocycles. The molecule has 7 nitrogen and oxygen atoms in total. The second-order valence-corrected chi connectivity index (χ2v) is 7.46. The van der Waals surface area contributed by atoms with Crippen molar-refractivity contribution >= 4 is 12.0 Å². The van der Waals surface area contributed by atoms with Gasteiger partial charge in [-0.3, -0.25) is 9.69 Å². The quantitative estimate of drug-likeness (QED) is 0.819. The third-order valence-corrected chi connectivity index (χ3v) is 5.42. The molecule has 0 saturated carbocycles. The zero-order valence-electron chi connectivity index (χ0n) is 15.9. The summed E-state index contributed by atoms with van der Waals surface area (Å²) in [6.07, 6.45) is 1.32. The highest BCUT2D eigenvalue weighted by Crippen LogP contribution is 2.17. The number of nitrogens with one attached hydrogen (secondary N) is 1. The van der Waals surface area contributed by atoms with Crippen LogP contribution in [0.15, 0.2) is 24.3 Å². The molecule has 3 rings (SSSR count). The maximum absolute atomic E-state index is 12.4. The summed E-state index contributed by atoms with van der Waals surface area (Å²) >= 11 is 0. The van der Waals surface area contributed by atoms with Crippen LogP contribution in [0.25, 0.3) is 0 Å². The number of nitrogens with zero attached hydrogens (tertiary/aromatic N) is 2. The Morgan fingerprint density at radius 2 is 2.07 bits per heavy atom. The number of carbonyl (C=O) groups excluding carboxylic acids is 1. The van der Waals surface area contributed by atoms with E-state index in [1.165, 1.54) is 11.1 Å². The first-order valence-corrected chi connectivity index (χ1v) is 9.67. The van der Waals surface area contributed by atoms with Crippen molar-refractivity contribution in [3.63, 3.8) is 0 Å². The van der Waals surface area contributed by atoms with Gasteiger partial charge in [-0.05, 0) is 30.9 Å². The first-order chi connectivity index (χ1) is 13.0. The Balaban J connectivity index is 1.46. The summed E-state index contributed by atoms with van der Waals surface area (Å²) < 4.78 is 5.80. The molecular weight excluding hydrogens is 346 g/mol. The molecule has 2 heterocycles. The minimum absolute atomic E-state index is 0.0493. The molecule has 2 amide bonds. The van der Waals surface area contributed by atoms with Crippen molar-refractivity contribution < 1.29 is 19.4 Å². The lowest BCUT2D eigenvalue weighted by Gasteiger charge is -2.34. The molecule has 0 aliphatic carbocycles. The summed E-state index contributed by atoms with van der Waals surface area (Å²) in [6.45, 7) is 6.64. The van der Waals surface area contributed by atoms with Gasteiger partial charge in [-0.1, -0.05) is 24.3 Å². The SMILES string of the molecule is Cc1ccccc1CN1CCOC(CNC(=O)N2CCCC(C(=O)O)C2)C1. The fourth-order valence-electron chi connectivity index (χ4n) is 3.75. The molecule has 2 aliphatic heterocycles. The number of urea groups is 1. The summed E-state index contributed by atoms with van der Waals surface area (Å²) in [5, 5.41) is 12.1. The molecule has 0 bridgehead atoms. The molecule has 2 N–H and O–H groups in total. The number of hydrogen-bond donors (Lipinski definition) is 2. The van der Waals surface area contributed by atoms with Crippen LogP contribution in [0.2, 0.25) is 0 Å². The van der Waals surface area contributed by atoms with Gasteiger partial charge in [0, 0.05) is 39.3 Å². The van der Waals surface area contributed by atoms with Gasteiger partial charge >= 0.3 is 12.0 Å². The van der Waals surface area contributed by atoms with E-state index in [-0.39, 0.29) is 18.7 Å². The van der Waals surface area contributed by atoms with Crippen molar-refractivity contribution in [3.8, 4) is 0 Å². The van der Waals surface area contributed by atoms with Gasteiger partial charge in [-0.15, -0.1) is 0 Å². The van der Waals surface area contributed by atoms with Crippen LogP contribution in [0.3, 0.4) is 0 Å². The standard InChI is InChI=1S/C20H29N3O4/c1-15-5-2-3-6-16(15)12-22-9-10-27-18(14-22)11-21-20(26)23-8-4-7-17(13-23)19(24)25/h2-3,5-6,17-18H,4,7-14H2,1H3,(H,21,26)(H,24,25). The lowest BCUT2D eigenvalue weighted by molar-refractivity contribution is -0.143. The molecule has 2 fully saturated rings. The van der Waals surface area contributed by atoms with Gasteiger partial charge in [0.05, 0.1) is 18.6 Å². The van der Waals surface area contributed by atoms with Gasteiger partial charge in [0.1, 0.15) is 0 Å². The van der Waals surface area contributed by atoms with E-state index >= 15 is 0 Å². The first-order valence-electron chi connectivity index (χ1n) is 9.67. The number of carboxylic acid groups (broad SMARTS) is 1. The van der Waals surface area contributed by atoms with Crippen LogP contribution >= 0.6 is 0 Å². The minimum atomic E-state index is -0.824.